The van der Waals surface area contributed by atoms with Crippen LogP contribution in [0.5, 0.6) is 0 Å². The minimum absolute atomic E-state index is 0.0124. The van der Waals surface area contributed by atoms with Crippen LogP contribution in [0.3, 0.4) is 0 Å². The van der Waals surface area contributed by atoms with Crippen molar-refractivity contribution in [3.05, 3.63) is 57.0 Å². The van der Waals surface area contributed by atoms with E-state index in [0.717, 1.165) is 23.9 Å². The Kier molecular flexibility index (Phi) is 7.64. The topological polar surface area (TPSA) is 142 Å². The molecule has 0 aliphatic heterocycles. The van der Waals surface area contributed by atoms with E-state index in [4.69, 9.17) is 11.6 Å². The Morgan fingerprint density at radius 1 is 1.12 bits per heavy atom. The van der Waals surface area contributed by atoms with Crippen LogP contribution in [0.2, 0.25) is 5.02 Å². The molecular formula is C19H17ClF3N7O3S. The van der Waals surface area contributed by atoms with Gasteiger partial charge in [0.05, 0.1) is 21.5 Å². The number of carbonyl (C=O) groups is 2. The number of amides is 2. The molecule has 3 rings (SSSR count). The Balaban J connectivity index is 1.66. The number of carbonyl (C=O) groups excluding carboxylic acids is 2. The number of rotatable bonds is 7. The molecule has 0 saturated heterocycles. The van der Waals surface area contributed by atoms with Crippen molar-refractivity contribution in [2.45, 2.75) is 32.3 Å². The van der Waals surface area contributed by atoms with Gasteiger partial charge in [0.1, 0.15) is 28.7 Å². The standard InChI is InChI=1S/C19H17ClF3N7O3S/c1-8(28-16(32)12-4-15(27-7-26-12)29-9(2)31)18-25-6-13(34-18)17(33)30-14-3-10(19(21,22)23)11(20)5-24-14/h3-8,17,33H,1-2H3,(H,24,30)(H,28,32)(H,26,27,29,31). The zero-order chi connectivity index (χ0) is 25.0. The summed E-state index contributed by atoms with van der Waals surface area (Å²) in [5.74, 6) is -0.985. The maximum atomic E-state index is 13.0. The van der Waals surface area contributed by atoms with Gasteiger partial charge in [0.25, 0.3) is 5.91 Å². The number of anilines is 2. The van der Waals surface area contributed by atoms with Gasteiger partial charge in [-0.05, 0) is 13.0 Å². The van der Waals surface area contributed by atoms with Crippen LogP contribution in [-0.4, -0.2) is 36.9 Å². The Morgan fingerprint density at radius 2 is 1.85 bits per heavy atom. The lowest BCUT2D eigenvalue weighted by atomic mass is 10.2. The van der Waals surface area contributed by atoms with Gasteiger partial charge < -0.3 is 21.1 Å². The van der Waals surface area contributed by atoms with E-state index >= 15 is 0 Å². The molecule has 0 bridgehead atoms. The summed E-state index contributed by atoms with van der Waals surface area (Å²) in [5.41, 5.74) is -1.08. The van der Waals surface area contributed by atoms with Crippen LogP contribution in [0, 0.1) is 0 Å². The van der Waals surface area contributed by atoms with E-state index in [1.54, 1.807) is 6.92 Å². The number of hydrogen-bond donors (Lipinski definition) is 4. The van der Waals surface area contributed by atoms with Crippen molar-refractivity contribution >= 4 is 46.4 Å². The Labute approximate surface area is 199 Å². The van der Waals surface area contributed by atoms with Crippen molar-refractivity contribution in [3.63, 3.8) is 0 Å². The number of thiazole rings is 1. The van der Waals surface area contributed by atoms with Crippen LogP contribution in [0.1, 0.15) is 52.1 Å². The van der Waals surface area contributed by atoms with E-state index in [0.29, 0.717) is 11.1 Å². The van der Waals surface area contributed by atoms with Gasteiger partial charge in [0.15, 0.2) is 6.23 Å². The second-order valence-corrected chi connectivity index (χ2v) is 8.36. The highest BCUT2D eigenvalue weighted by Gasteiger charge is 2.34. The summed E-state index contributed by atoms with van der Waals surface area (Å²) < 4.78 is 39.0. The van der Waals surface area contributed by atoms with Crippen molar-refractivity contribution in [2.75, 3.05) is 10.6 Å². The normalized spacial score (nSPS) is 13.1. The number of pyridine rings is 1. The Bertz CT molecular complexity index is 1210. The molecule has 0 aliphatic rings. The molecule has 0 aromatic carbocycles. The first-order chi connectivity index (χ1) is 15.9. The summed E-state index contributed by atoms with van der Waals surface area (Å²) in [5, 5.41) is 17.8. The highest BCUT2D eigenvalue weighted by molar-refractivity contribution is 7.11. The fourth-order valence-corrected chi connectivity index (χ4v) is 3.70. The average Bonchev–Trinajstić information content (AvgIpc) is 3.24. The predicted molar refractivity (Wildman–Crippen MR) is 117 cm³/mol. The van der Waals surface area contributed by atoms with Gasteiger partial charge in [-0.25, -0.2) is 19.9 Å². The third kappa shape index (κ3) is 6.36. The average molecular weight is 516 g/mol. The van der Waals surface area contributed by atoms with Crippen LogP contribution in [0.25, 0.3) is 0 Å². The molecule has 0 radical (unpaired) electrons. The molecule has 4 N–H and O–H groups in total. The zero-order valence-corrected chi connectivity index (χ0v) is 19.1. The van der Waals surface area contributed by atoms with Crippen molar-refractivity contribution in [3.8, 4) is 0 Å². The largest absolute Gasteiger partial charge is 0.418 e. The first-order valence-electron chi connectivity index (χ1n) is 9.47. The maximum absolute atomic E-state index is 13.0. The molecule has 0 aliphatic carbocycles. The van der Waals surface area contributed by atoms with Gasteiger partial charge in [-0.3, -0.25) is 9.59 Å². The Morgan fingerprint density at radius 3 is 2.53 bits per heavy atom. The molecular weight excluding hydrogens is 499 g/mol. The molecule has 34 heavy (non-hydrogen) atoms. The van der Waals surface area contributed by atoms with E-state index in [2.05, 4.69) is 35.9 Å². The fraction of sp³-hybridized carbons (Fsp3) is 0.263. The molecule has 2 unspecified atom stereocenters. The number of aliphatic hydroxyl groups excluding tert-OH is 1. The van der Waals surface area contributed by atoms with Crippen molar-refractivity contribution in [1.82, 2.24) is 25.3 Å². The van der Waals surface area contributed by atoms with Crippen LogP contribution in [-0.2, 0) is 11.0 Å². The number of aliphatic hydroxyl groups is 1. The van der Waals surface area contributed by atoms with Crippen LogP contribution in [0.15, 0.2) is 30.9 Å². The number of halogens is 4. The summed E-state index contributed by atoms with van der Waals surface area (Å²) in [7, 11) is 0. The number of nitrogens with one attached hydrogen (secondary N) is 3. The molecule has 3 aromatic rings. The zero-order valence-electron chi connectivity index (χ0n) is 17.5. The van der Waals surface area contributed by atoms with E-state index in [-0.39, 0.29) is 28.1 Å². The van der Waals surface area contributed by atoms with Crippen molar-refractivity contribution < 1.29 is 27.9 Å². The minimum atomic E-state index is -4.68. The first kappa shape index (κ1) is 25.3. The van der Waals surface area contributed by atoms with Crippen LogP contribution in [0.4, 0.5) is 24.8 Å². The Hall–Kier alpha value is -3.36. The highest BCUT2D eigenvalue weighted by atomic mass is 35.5. The molecule has 3 heterocycles. The summed E-state index contributed by atoms with van der Waals surface area (Å²) in [6.45, 7) is 2.94. The molecule has 2 amide bonds. The quantitative estimate of drug-likeness (QED) is 0.350. The summed E-state index contributed by atoms with van der Waals surface area (Å²) in [6.07, 6.45) is -2.81. The third-order valence-corrected chi connectivity index (χ3v) is 5.71. The van der Waals surface area contributed by atoms with E-state index in [1.807, 2.05) is 0 Å². The molecule has 0 fully saturated rings. The fourth-order valence-electron chi connectivity index (χ4n) is 2.64. The smallest absolute Gasteiger partial charge is 0.369 e. The van der Waals surface area contributed by atoms with Gasteiger partial charge >= 0.3 is 6.18 Å². The van der Waals surface area contributed by atoms with Crippen molar-refractivity contribution in [1.29, 1.82) is 0 Å². The number of aromatic nitrogens is 4. The summed E-state index contributed by atoms with van der Waals surface area (Å²) in [4.78, 5) is 39.5. The molecule has 180 valence electrons. The maximum Gasteiger partial charge on any atom is 0.418 e. The van der Waals surface area contributed by atoms with Gasteiger partial charge in [0, 0.05) is 25.4 Å². The SMILES string of the molecule is CC(=O)Nc1cc(C(=O)NC(C)c2ncc(C(O)Nc3cc(C(F)(F)F)c(Cl)cn3)s2)ncn1. The van der Waals surface area contributed by atoms with E-state index < -0.39 is 34.9 Å². The van der Waals surface area contributed by atoms with Gasteiger partial charge in [0.2, 0.25) is 5.91 Å². The highest BCUT2D eigenvalue weighted by Crippen LogP contribution is 2.36. The molecule has 0 saturated carbocycles. The minimum Gasteiger partial charge on any atom is -0.369 e. The third-order valence-electron chi connectivity index (χ3n) is 4.18. The summed E-state index contributed by atoms with van der Waals surface area (Å²) in [6, 6.07) is 1.40. The van der Waals surface area contributed by atoms with E-state index in [1.165, 1.54) is 19.2 Å². The molecule has 3 aromatic heterocycles. The number of alkyl halides is 3. The molecule has 0 spiro atoms. The van der Waals surface area contributed by atoms with E-state index in [9.17, 15) is 27.9 Å². The van der Waals surface area contributed by atoms with Gasteiger partial charge in [-0.2, -0.15) is 13.2 Å². The van der Waals surface area contributed by atoms with Gasteiger partial charge in [-0.15, -0.1) is 11.3 Å². The van der Waals surface area contributed by atoms with Gasteiger partial charge in [-0.1, -0.05) is 11.6 Å². The lowest BCUT2D eigenvalue weighted by Gasteiger charge is -2.14. The number of nitrogens with zero attached hydrogens (tertiary/aromatic N) is 4. The lowest BCUT2D eigenvalue weighted by molar-refractivity contribution is -0.137. The first-order valence-corrected chi connectivity index (χ1v) is 10.7. The molecule has 10 nitrogen and oxygen atoms in total. The molecule has 2 atom stereocenters. The van der Waals surface area contributed by atoms with Crippen molar-refractivity contribution in [2.24, 2.45) is 0 Å². The van der Waals surface area contributed by atoms with Crippen LogP contribution >= 0.6 is 22.9 Å². The summed E-state index contributed by atoms with van der Waals surface area (Å²) >= 11 is 6.57. The monoisotopic (exact) mass is 515 g/mol. The van der Waals surface area contributed by atoms with Crippen LogP contribution < -0.4 is 16.0 Å². The predicted octanol–water partition coefficient (Wildman–Crippen LogP) is 3.55. The lowest BCUT2D eigenvalue weighted by Crippen LogP contribution is -2.27. The second kappa shape index (κ2) is 10.3. The molecule has 15 heteroatoms. The second-order valence-electron chi connectivity index (χ2n) is 6.86. The number of hydrogen-bond acceptors (Lipinski definition) is 9.